The molecule has 0 saturated carbocycles. The van der Waals surface area contributed by atoms with Crippen LogP contribution in [-0.2, 0) is 24.2 Å². The molecular formula is C17H21N3O3S2. The first-order chi connectivity index (χ1) is 12.2. The van der Waals surface area contributed by atoms with Gasteiger partial charge >= 0.3 is 0 Å². The Morgan fingerprint density at radius 2 is 2.24 bits per heavy atom. The Hall–Kier alpha value is -1.64. The standard InChI is InChI=1S/C17H21N3O3S2/c1-2-8-20-16-14(15(23)11-5-3-4-6-12(11)25-16)19-17(20)24-10-13(22)18-7-9-21/h2,21H,1,3-10H2,(H,18,22). The molecule has 2 heterocycles. The van der Waals surface area contributed by atoms with Gasteiger partial charge in [-0.3, -0.25) is 9.59 Å². The molecule has 0 unspecified atom stereocenters. The molecule has 0 bridgehead atoms. The van der Waals surface area contributed by atoms with Gasteiger partial charge in [0.15, 0.2) is 5.16 Å². The number of carbonyl (C=O) groups is 1. The Morgan fingerprint density at radius 3 is 3.00 bits per heavy atom. The molecule has 1 aliphatic carbocycles. The predicted octanol–water partition coefficient (Wildman–Crippen LogP) is 1.72. The van der Waals surface area contributed by atoms with Gasteiger partial charge in [-0.05, 0) is 25.7 Å². The van der Waals surface area contributed by atoms with Gasteiger partial charge in [-0.2, -0.15) is 0 Å². The topological polar surface area (TPSA) is 84.2 Å². The molecule has 0 radical (unpaired) electrons. The average molecular weight is 380 g/mol. The van der Waals surface area contributed by atoms with Crippen LogP contribution in [0, 0.1) is 0 Å². The predicted molar refractivity (Wildman–Crippen MR) is 102 cm³/mol. The molecule has 2 aromatic heterocycles. The van der Waals surface area contributed by atoms with Crippen LogP contribution < -0.4 is 10.7 Å². The maximum atomic E-state index is 12.8. The van der Waals surface area contributed by atoms with Gasteiger partial charge in [-0.1, -0.05) is 17.8 Å². The van der Waals surface area contributed by atoms with Gasteiger partial charge in [0.05, 0.1) is 12.4 Å². The van der Waals surface area contributed by atoms with Gasteiger partial charge in [0.25, 0.3) is 0 Å². The van der Waals surface area contributed by atoms with Crippen molar-refractivity contribution in [3.63, 3.8) is 0 Å². The van der Waals surface area contributed by atoms with Crippen molar-refractivity contribution in [1.29, 1.82) is 0 Å². The first-order valence-corrected chi connectivity index (χ1v) is 10.1. The molecule has 3 rings (SSSR count). The third-order valence-corrected chi connectivity index (χ3v) is 6.37. The fourth-order valence-corrected chi connectivity index (χ4v) is 5.14. The van der Waals surface area contributed by atoms with Gasteiger partial charge in [-0.15, -0.1) is 17.9 Å². The highest BCUT2D eigenvalue weighted by Crippen LogP contribution is 2.31. The van der Waals surface area contributed by atoms with Crippen LogP contribution in [0.25, 0.3) is 10.3 Å². The molecule has 1 aliphatic rings. The Kier molecular flexibility index (Phi) is 5.93. The van der Waals surface area contributed by atoms with Crippen molar-refractivity contribution in [1.82, 2.24) is 14.9 Å². The molecule has 0 fully saturated rings. The number of aromatic nitrogens is 2. The van der Waals surface area contributed by atoms with Crippen molar-refractivity contribution in [3.8, 4) is 0 Å². The summed E-state index contributed by atoms with van der Waals surface area (Å²) in [5.41, 5.74) is 1.47. The number of amides is 1. The second-order valence-electron chi connectivity index (χ2n) is 5.85. The molecule has 1 amide bonds. The number of imidazole rings is 1. The second kappa shape index (κ2) is 8.16. The van der Waals surface area contributed by atoms with E-state index in [9.17, 15) is 9.59 Å². The van der Waals surface area contributed by atoms with Crippen molar-refractivity contribution >= 4 is 39.4 Å². The summed E-state index contributed by atoms with van der Waals surface area (Å²) >= 11 is 2.95. The smallest absolute Gasteiger partial charge is 0.230 e. The van der Waals surface area contributed by atoms with Crippen molar-refractivity contribution in [2.75, 3.05) is 18.9 Å². The van der Waals surface area contributed by atoms with E-state index in [1.165, 1.54) is 16.6 Å². The Bertz CT molecular complexity index is 857. The molecule has 0 atom stereocenters. The lowest BCUT2D eigenvalue weighted by Crippen LogP contribution is -2.28. The number of aryl methyl sites for hydroxylation is 1. The number of hydrogen-bond acceptors (Lipinski definition) is 6. The minimum Gasteiger partial charge on any atom is -0.395 e. The van der Waals surface area contributed by atoms with E-state index < -0.39 is 0 Å². The number of rotatable bonds is 7. The SMILES string of the molecule is C=CCn1c(SCC(=O)NCCO)nc2c(=O)c3c(sc21)CCCC3. The molecule has 0 aliphatic heterocycles. The van der Waals surface area contributed by atoms with Gasteiger partial charge in [-0.25, -0.2) is 4.98 Å². The number of fused-ring (bicyclic) bond motifs is 2. The fraction of sp³-hybridized carbons (Fsp3) is 0.471. The summed E-state index contributed by atoms with van der Waals surface area (Å²) in [5.74, 6) is 0.0283. The summed E-state index contributed by atoms with van der Waals surface area (Å²) in [6, 6.07) is 0. The van der Waals surface area contributed by atoms with Gasteiger partial charge < -0.3 is 15.0 Å². The van der Waals surface area contributed by atoms with E-state index in [0.29, 0.717) is 17.2 Å². The summed E-state index contributed by atoms with van der Waals surface area (Å²) in [6.45, 7) is 4.49. The number of hydrogen-bond donors (Lipinski definition) is 2. The highest BCUT2D eigenvalue weighted by Gasteiger charge is 2.21. The van der Waals surface area contributed by atoms with E-state index in [2.05, 4.69) is 16.9 Å². The van der Waals surface area contributed by atoms with Crippen molar-refractivity contribution < 1.29 is 9.90 Å². The van der Waals surface area contributed by atoms with Crippen molar-refractivity contribution in [2.45, 2.75) is 37.4 Å². The summed E-state index contributed by atoms with van der Waals surface area (Å²) in [6.07, 6.45) is 5.74. The third kappa shape index (κ3) is 3.80. The van der Waals surface area contributed by atoms with E-state index in [-0.39, 0.29) is 30.2 Å². The van der Waals surface area contributed by atoms with Crippen LogP contribution in [-0.4, -0.2) is 39.5 Å². The van der Waals surface area contributed by atoms with Crippen LogP contribution in [0.15, 0.2) is 22.6 Å². The first kappa shape index (κ1) is 18.2. The zero-order valence-electron chi connectivity index (χ0n) is 13.9. The van der Waals surface area contributed by atoms with E-state index in [1.54, 1.807) is 17.4 Å². The lowest BCUT2D eigenvalue weighted by molar-refractivity contribution is -0.118. The number of thioether (sulfide) groups is 1. The normalized spacial score (nSPS) is 13.6. The monoisotopic (exact) mass is 379 g/mol. The lowest BCUT2D eigenvalue weighted by Gasteiger charge is -2.14. The number of aliphatic hydroxyl groups excluding tert-OH is 1. The molecule has 0 saturated heterocycles. The molecule has 25 heavy (non-hydrogen) atoms. The van der Waals surface area contributed by atoms with Gasteiger partial charge in [0.1, 0.15) is 10.3 Å². The highest BCUT2D eigenvalue weighted by atomic mass is 32.2. The fourth-order valence-electron chi connectivity index (χ4n) is 2.94. The number of nitrogens with zero attached hydrogens (tertiary/aromatic N) is 2. The zero-order valence-corrected chi connectivity index (χ0v) is 15.5. The van der Waals surface area contributed by atoms with Gasteiger partial charge in [0, 0.05) is 23.5 Å². The largest absolute Gasteiger partial charge is 0.395 e. The number of nitrogens with one attached hydrogen (secondary N) is 1. The van der Waals surface area contributed by atoms with Crippen LogP contribution >= 0.6 is 23.1 Å². The molecule has 0 spiro atoms. The maximum Gasteiger partial charge on any atom is 0.230 e. The number of aliphatic hydroxyl groups is 1. The number of carbonyl (C=O) groups excluding carboxylic acids is 1. The van der Waals surface area contributed by atoms with E-state index in [4.69, 9.17) is 5.11 Å². The van der Waals surface area contributed by atoms with Crippen LogP contribution in [0.3, 0.4) is 0 Å². The molecule has 0 aromatic carbocycles. The van der Waals surface area contributed by atoms with Crippen LogP contribution in [0.4, 0.5) is 0 Å². The Labute approximate surface area is 154 Å². The first-order valence-electron chi connectivity index (χ1n) is 8.32. The third-order valence-electron chi connectivity index (χ3n) is 4.09. The minimum atomic E-state index is -0.165. The molecule has 2 N–H and O–H groups in total. The summed E-state index contributed by atoms with van der Waals surface area (Å²) in [4.78, 5) is 31.2. The summed E-state index contributed by atoms with van der Waals surface area (Å²) < 4.78 is 1.97. The van der Waals surface area contributed by atoms with Crippen LogP contribution in [0.5, 0.6) is 0 Å². The molecule has 134 valence electrons. The average Bonchev–Trinajstić information content (AvgIpc) is 2.97. The molecule has 8 heteroatoms. The molecule has 2 aromatic rings. The lowest BCUT2D eigenvalue weighted by atomic mass is 9.98. The van der Waals surface area contributed by atoms with Crippen molar-refractivity contribution in [3.05, 3.63) is 33.3 Å². The highest BCUT2D eigenvalue weighted by molar-refractivity contribution is 7.99. The Balaban J connectivity index is 1.96. The van der Waals surface area contributed by atoms with E-state index >= 15 is 0 Å². The summed E-state index contributed by atoms with van der Waals surface area (Å²) in [7, 11) is 0. The minimum absolute atomic E-state index is 0.0397. The van der Waals surface area contributed by atoms with Gasteiger partial charge in [0.2, 0.25) is 11.3 Å². The van der Waals surface area contributed by atoms with Crippen molar-refractivity contribution in [2.24, 2.45) is 0 Å². The second-order valence-corrected chi connectivity index (χ2v) is 7.88. The summed E-state index contributed by atoms with van der Waals surface area (Å²) in [5, 5.41) is 12.0. The Morgan fingerprint density at radius 1 is 1.44 bits per heavy atom. The maximum absolute atomic E-state index is 12.8. The van der Waals surface area contributed by atoms with E-state index in [1.807, 2.05) is 4.57 Å². The van der Waals surface area contributed by atoms with Crippen LogP contribution in [0.2, 0.25) is 0 Å². The van der Waals surface area contributed by atoms with E-state index in [0.717, 1.165) is 36.1 Å². The molecule has 6 nitrogen and oxygen atoms in total. The zero-order chi connectivity index (χ0) is 17.8. The molecular weight excluding hydrogens is 358 g/mol. The quantitative estimate of drug-likeness (QED) is 0.565. The number of allylic oxidation sites excluding steroid dienone is 1. The van der Waals surface area contributed by atoms with Crippen LogP contribution in [0.1, 0.15) is 23.3 Å².